The zero-order valence-corrected chi connectivity index (χ0v) is 10.1. The van der Waals surface area contributed by atoms with Crippen molar-refractivity contribution in [3.8, 4) is 11.1 Å². The summed E-state index contributed by atoms with van der Waals surface area (Å²) in [6.07, 6.45) is 0.612. The predicted molar refractivity (Wildman–Crippen MR) is 67.2 cm³/mol. The van der Waals surface area contributed by atoms with Crippen molar-refractivity contribution >= 4 is 29.5 Å². The van der Waals surface area contributed by atoms with Crippen molar-refractivity contribution in [1.82, 2.24) is 0 Å². The second-order valence-electron chi connectivity index (χ2n) is 3.48. The van der Waals surface area contributed by atoms with E-state index in [1.165, 1.54) is 12.1 Å². The van der Waals surface area contributed by atoms with E-state index in [2.05, 4.69) is 0 Å². The van der Waals surface area contributed by atoms with Gasteiger partial charge in [-0.05, 0) is 35.4 Å². The van der Waals surface area contributed by atoms with Crippen molar-refractivity contribution < 1.29 is 9.18 Å². The van der Waals surface area contributed by atoms with Crippen LogP contribution in [-0.4, -0.2) is 6.29 Å². The Morgan fingerprint density at radius 2 is 1.76 bits per heavy atom. The van der Waals surface area contributed by atoms with Crippen LogP contribution >= 0.6 is 23.2 Å². The molecule has 0 saturated carbocycles. The molecular formula is C13H7Cl2FO. The molecule has 0 aliphatic carbocycles. The van der Waals surface area contributed by atoms with Crippen molar-refractivity contribution in [2.75, 3.05) is 0 Å². The monoisotopic (exact) mass is 268 g/mol. The Labute approximate surface area is 108 Å². The Morgan fingerprint density at radius 3 is 2.41 bits per heavy atom. The second-order valence-corrected chi connectivity index (χ2v) is 4.29. The molecule has 0 radical (unpaired) electrons. The molecule has 0 amide bonds. The number of carbonyl (C=O) groups is 1. The number of hydrogen-bond acceptors (Lipinski definition) is 1. The number of rotatable bonds is 2. The lowest BCUT2D eigenvalue weighted by Gasteiger charge is -2.06. The minimum absolute atomic E-state index is 0.281. The third-order valence-electron chi connectivity index (χ3n) is 2.37. The van der Waals surface area contributed by atoms with E-state index in [9.17, 15) is 9.18 Å². The molecule has 0 bridgehead atoms. The van der Waals surface area contributed by atoms with Crippen LogP contribution in [0.25, 0.3) is 11.1 Å². The SMILES string of the molecule is O=Cc1cc(F)ccc1-c1ccc(Cl)c(Cl)c1. The maximum absolute atomic E-state index is 13.0. The van der Waals surface area contributed by atoms with E-state index in [4.69, 9.17) is 23.2 Å². The van der Waals surface area contributed by atoms with Crippen LogP contribution < -0.4 is 0 Å². The Balaban J connectivity index is 2.59. The highest BCUT2D eigenvalue weighted by Gasteiger charge is 2.07. The van der Waals surface area contributed by atoms with Crippen LogP contribution in [0.4, 0.5) is 4.39 Å². The van der Waals surface area contributed by atoms with E-state index < -0.39 is 5.82 Å². The Morgan fingerprint density at radius 1 is 1.00 bits per heavy atom. The van der Waals surface area contributed by atoms with Crippen LogP contribution in [0.15, 0.2) is 36.4 Å². The molecule has 0 aliphatic rings. The van der Waals surface area contributed by atoms with E-state index in [1.807, 2.05) is 0 Å². The quantitative estimate of drug-likeness (QED) is 0.727. The standard InChI is InChI=1S/C13H7Cl2FO/c14-12-4-1-8(6-13(12)15)11-3-2-10(16)5-9(11)7-17/h1-7H. The average molecular weight is 269 g/mol. The van der Waals surface area contributed by atoms with Gasteiger partial charge in [-0.1, -0.05) is 35.3 Å². The molecule has 17 heavy (non-hydrogen) atoms. The minimum atomic E-state index is -0.448. The number of benzene rings is 2. The molecular weight excluding hydrogens is 262 g/mol. The van der Waals surface area contributed by atoms with Gasteiger partial charge in [-0.2, -0.15) is 0 Å². The van der Waals surface area contributed by atoms with Gasteiger partial charge in [0.25, 0.3) is 0 Å². The molecule has 0 saturated heterocycles. The summed E-state index contributed by atoms with van der Waals surface area (Å²) in [5.74, 6) is -0.448. The van der Waals surface area contributed by atoms with Crippen LogP contribution in [0.5, 0.6) is 0 Å². The van der Waals surface area contributed by atoms with Crippen LogP contribution in [-0.2, 0) is 0 Å². The Bertz CT molecular complexity index is 582. The fourth-order valence-electron chi connectivity index (χ4n) is 1.56. The Kier molecular flexibility index (Phi) is 3.46. The number of hydrogen-bond donors (Lipinski definition) is 0. The van der Waals surface area contributed by atoms with Crippen molar-refractivity contribution in [2.45, 2.75) is 0 Å². The molecule has 0 fully saturated rings. The molecule has 86 valence electrons. The largest absolute Gasteiger partial charge is 0.298 e. The van der Waals surface area contributed by atoms with Gasteiger partial charge >= 0.3 is 0 Å². The summed E-state index contributed by atoms with van der Waals surface area (Å²) in [6, 6.07) is 9.03. The molecule has 1 nitrogen and oxygen atoms in total. The third-order valence-corrected chi connectivity index (χ3v) is 3.11. The van der Waals surface area contributed by atoms with E-state index in [0.717, 1.165) is 5.56 Å². The summed E-state index contributed by atoms with van der Waals surface area (Å²) >= 11 is 11.7. The van der Waals surface area contributed by atoms with Gasteiger partial charge in [0.2, 0.25) is 0 Å². The highest BCUT2D eigenvalue weighted by Crippen LogP contribution is 2.30. The highest BCUT2D eigenvalue weighted by molar-refractivity contribution is 6.42. The number of carbonyl (C=O) groups excluding carboxylic acids is 1. The number of aldehydes is 1. The Hall–Kier alpha value is -1.38. The maximum Gasteiger partial charge on any atom is 0.150 e. The molecule has 0 unspecified atom stereocenters. The fraction of sp³-hybridized carbons (Fsp3) is 0. The van der Waals surface area contributed by atoms with E-state index in [0.29, 0.717) is 21.9 Å². The van der Waals surface area contributed by atoms with Crippen LogP contribution in [0.3, 0.4) is 0 Å². The van der Waals surface area contributed by atoms with Gasteiger partial charge in [-0.25, -0.2) is 4.39 Å². The van der Waals surface area contributed by atoms with Crippen LogP contribution in [0, 0.1) is 5.82 Å². The molecule has 0 N–H and O–H groups in total. The van der Waals surface area contributed by atoms with Crippen LogP contribution in [0.1, 0.15) is 10.4 Å². The first-order valence-corrected chi connectivity index (χ1v) is 5.57. The third kappa shape index (κ3) is 2.48. The molecule has 0 spiro atoms. The van der Waals surface area contributed by atoms with E-state index in [1.54, 1.807) is 24.3 Å². The first kappa shape index (κ1) is 12.1. The minimum Gasteiger partial charge on any atom is -0.298 e. The highest BCUT2D eigenvalue weighted by atomic mass is 35.5. The molecule has 2 aromatic rings. The fourth-order valence-corrected chi connectivity index (χ4v) is 1.86. The lowest BCUT2D eigenvalue weighted by atomic mass is 10.0. The first-order chi connectivity index (χ1) is 8.11. The maximum atomic E-state index is 13.0. The van der Waals surface area contributed by atoms with Gasteiger partial charge in [0.05, 0.1) is 10.0 Å². The molecule has 4 heteroatoms. The summed E-state index contributed by atoms with van der Waals surface area (Å²) in [6.45, 7) is 0. The summed E-state index contributed by atoms with van der Waals surface area (Å²) in [5.41, 5.74) is 1.63. The topological polar surface area (TPSA) is 17.1 Å². The van der Waals surface area contributed by atoms with Gasteiger partial charge in [-0.3, -0.25) is 4.79 Å². The zero-order valence-electron chi connectivity index (χ0n) is 8.58. The van der Waals surface area contributed by atoms with Crippen LogP contribution in [0.2, 0.25) is 10.0 Å². The lowest BCUT2D eigenvalue weighted by Crippen LogP contribution is -1.89. The predicted octanol–water partition coefficient (Wildman–Crippen LogP) is 4.61. The second kappa shape index (κ2) is 4.86. The molecule has 0 heterocycles. The summed E-state index contributed by atoms with van der Waals surface area (Å²) in [5, 5.41) is 0.829. The van der Waals surface area contributed by atoms with Gasteiger partial charge in [0.1, 0.15) is 5.82 Å². The normalized spacial score (nSPS) is 10.3. The first-order valence-electron chi connectivity index (χ1n) is 4.82. The zero-order chi connectivity index (χ0) is 12.4. The van der Waals surface area contributed by atoms with Crippen molar-refractivity contribution in [2.24, 2.45) is 0 Å². The summed E-state index contributed by atoms with van der Waals surface area (Å²) in [7, 11) is 0. The summed E-state index contributed by atoms with van der Waals surface area (Å²) < 4.78 is 13.0. The van der Waals surface area contributed by atoms with Crippen molar-refractivity contribution in [1.29, 1.82) is 0 Å². The number of halogens is 3. The molecule has 0 aliphatic heterocycles. The van der Waals surface area contributed by atoms with Crippen molar-refractivity contribution in [3.05, 3.63) is 57.8 Å². The smallest absolute Gasteiger partial charge is 0.150 e. The molecule has 0 atom stereocenters. The summed E-state index contributed by atoms with van der Waals surface area (Å²) in [4.78, 5) is 10.9. The van der Waals surface area contributed by atoms with Gasteiger partial charge < -0.3 is 0 Å². The van der Waals surface area contributed by atoms with Gasteiger partial charge in [0, 0.05) is 5.56 Å². The lowest BCUT2D eigenvalue weighted by molar-refractivity contribution is 0.112. The van der Waals surface area contributed by atoms with Gasteiger partial charge in [-0.15, -0.1) is 0 Å². The molecule has 2 aromatic carbocycles. The van der Waals surface area contributed by atoms with E-state index in [-0.39, 0.29) is 5.56 Å². The van der Waals surface area contributed by atoms with E-state index >= 15 is 0 Å². The average Bonchev–Trinajstić information content (AvgIpc) is 2.32. The van der Waals surface area contributed by atoms with Crippen molar-refractivity contribution in [3.63, 3.8) is 0 Å². The van der Waals surface area contributed by atoms with Gasteiger partial charge in [0.15, 0.2) is 6.29 Å². The molecule has 0 aromatic heterocycles. The molecule has 2 rings (SSSR count).